The SMILES string of the molecule is CC(C)(C)C(=O)OC(Cn1ccnc1)c1ccc2ccccc2c1. The molecule has 1 heterocycles. The molecule has 0 aliphatic carbocycles. The first kappa shape index (κ1) is 16.2. The number of imidazole rings is 1. The summed E-state index contributed by atoms with van der Waals surface area (Å²) in [6, 6.07) is 14.4. The fourth-order valence-electron chi connectivity index (χ4n) is 2.51. The summed E-state index contributed by atoms with van der Waals surface area (Å²) in [6.07, 6.45) is 4.98. The van der Waals surface area contributed by atoms with Crippen LogP contribution in [0.2, 0.25) is 0 Å². The van der Waals surface area contributed by atoms with Crippen LogP contribution < -0.4 is 0 Å². The number of ether oxygens (including phenoxy) is 1. The smallest absolute Gasteiger partial charge is 0.311 e. The lowest BCUT2D eigenvalue weighted by Crippen LogP contribution is -2.26. The van der Waals surface area contributed by atoms with E-state index in [1.165, 1.54) is 5.39 Å². The second kappa shape index (κ2) is 6.48. The number of rotatable bonds is 4. The van der Waals surface area contributed by atoms with E-state index < -0.39 is 5.41 Å². The van der Waals surface area contributed by atoms with Crippen molar-refractivity contribution in [1.82, 2.24) is 9.55 Å². The highest BCUT2D eigenvalue weighted by Gasteiger charge is 2.27. The molecule has 2 aromatic carbocycles. The van der Waals surface area contributed by atoms with Gasteiger partial charge in [0.25, 0.3) is 0 Å². The minimum atomic E-state index is -0.538. The van der Waals surface area contributed by atoms with E-state index in [1.807, 2.05) is 49.7 Å². The number of nitrogens with zero attached hydrogens (tertiary/aromatic N) is 2. The fourth-order valence-corrected chi connectivity index (χ4v) is 2.51. The Morgan fingerprint density at radius 3 is 2.58 bits per heavy atom. The summed E-state index contributed by atoms with van der Waals surface area (Å²) >= 11 is 0. The zero-order chi connectivity index (χ0) is 17.2. The topological polar surface area (TPSA) is 44.1 Å². The number of carbonyl (C=O) groups excluding carboxylic acids is 1. The quantitative estimate of drug-likeness (QED) is 0.670. The van der Waals surface area contributed by atoms with Crippen molar-refractivity contribution in [1.29, 1.82) is 0 Å². The lowest BCUT2D eigenvalue weighted by molar-refractivity contribution is -0.159. The van der Waals surface area contributed by atoms with Gasteiger partial charge in [-0.05, 0) is 43.2 Å². The molecule has 3 rings (SSSR count). The maximum atomic E-state index is 12.4. The van der Waals surface area contributed by atoms with Crippen LogP contribution in [0.1, 0.15) is 32.4 Å². The highest BCUT2D eigenvalue weighted by Crippen LogP contribution is 2.27. The summed E-state index contributed by atoms with van der Waals surface area (Å²) in [5.41, 5.74) is 0.448. The van der Waals surface area contributed by atoms with Crippen molar-refractivity contribution in [3.05, 3.63) is 66.7 Å². The molecule has 0 aliphatic heterocycles. The first-order chi connectivity index (χ1) is 11.4. The predicted molar refractivity (Wildman–Crippen MR) is 94.5 cm³/mol. The Bertz CT molecular complexity index is 832. The van der Waals surface area contributed by atoms with Crippen molar-refractivity contribution in [2.45, 2.75) is 33.4 Å². The van der Waals surface area contributed by atoms with Crippen molar-refractivity contribution in [2.75, 3.05) is 0 Å². The highest BCUT2D eigenvalue weighted by molar-refractivity contribution is 5.83. The molecule has 124 valence electrons. The third-order valence-corrected chi connectivity index (χ3v) is 3.94. The van der Waals surface area contributed by atoms with E-state index >= 15 is 0 Å². The summed E-state index contributed by atoms with van der Waals surface area (Å²) in [6.45, 7) is 6.14. The van der Waals surface area contributed by atoms with Gasteiger partial charge in [-0.1, -0.05) is 36.4 Å². The van der Waals surface area contributed by atoms with Crippen molar-refractivity contribution in [3.63, 3.8) is 0 Å². The summed E-state index contributed by atoms with van der Waals surface area (Å²) < 4.78 is 7.76. The summed E-state index contributed by atoms with van der Waals surface area (Å²) in [5.74, 6) is -0.208. The summed E-state index contributed by atoms with van der Waals surface area (Å²) in [4.78, 5) is 16.5. The second-order valence-corrected chi connectivity index (χ2v) is 7.01. The van der Waals surface area contributed by atoms with Crippen LogP contribution in [0.15, 0.2) is 61.2 Å². The molecule has 0 saturated carbocycles. The first-order valence-corrected chi connectivity index (χ1v) is 8.09. The van der Waals surface area contributed by atoms with Gasteiger partial charge in [0.15, 0.2) is 0 Å². The standard InChI is InChI=1S/C20H22N2O2/c1-20(2,3)19(23)24-18(13-22-11-10-21-14-22)17-9-8-15-6-4-5-7-16(15)12-17/h4-12,14,18H,13H2,1-3H3. The molecule has 3 aromatic rings. The van der Waals surface area contributed by atoms with E-state index in [2.05, 4.69) is 29.2 Å². The van der Waals surface area contributed by atoms with Crippen LogP contribution in [-0.4, -0.2) is 15.5 Å². The van der Waals surface area contributed by atoms with E-state index in [0.29, 0.717) is 6.54 Å². The van der Waals surface area contributed by atoms with Crippen LogP contribution in [-0.2, 0) is 16.1 Å². The first-order valence-electron chi connectivity index (χ1n) is 8.09. The zero-order valence-corrected chi connectivity index (χ0v) is 14.3. The molecular weight excluding hydrogens is 300 g/mol. The summed E-state index contributed by atoms with van der Waals surface area (Å²) in [7, 11) is 0. The normalized spacial score (nSPS) is 13.0. The molecular formula is C20H22N2O2. The zero-order valence-electron chi connectivity index (χ0n) is 14.3. The van der Waals surface area contributed by atoms with Crippen molar-refractivity contribution in [2.24, 2.45) is 5.41 Å². The third kappa shape index (κ3) is 3.65. The molecule has 0 radical (unpaired) electrons. The molecule has 4 heteroatoms. The van der Waals surface area contributed by atoms with Gasteiger partial charge in [0.1, 0.15) is 6.10 Å². The Labute approximate surface area is 142 Å². The van der Waals surface area contributed by atoms with E-state index in [0.717, 1.165) is 10.9 Å². The number of carbonyl (C=O) groups is 1. The molecule has 1 unspecified atom stereocenters. The number of hydrogen-bond donors (Lipinski definition) is 0. The molecule has 0 fully saturated rings. The Balaban J connectivity index is 1.93. The summed E-state index contributed by atoms with van der Waals surface area (Å²) in [5, 5.41) is 2.31. The predicted octanol–water partition coefficient (Wildman–Crippen LogP) is 4.37. The highest BCUT2D eigenvalue weighted by atomic mass is 16.5. The minimum absolute atomic E-state index is 0.208. The van der Waals surface area contributed by atoms with Crippen LogP contribution in [0.5, 0.6) is 0 Å². The molecule has 1 atom stereocenters. The van der Waals surface area contributed by atoms with Gasteiger partial charge in [0.05, 0.1) is 18.3 Å². The maximum absolute atomic E-state index is 12.4. The largest absolute Gasteiger partial charge is 0.455 e. The van der Waals surface area contributed by atoms with Gasteiger partial charge in [0.2, 0.25) is 0 Å². The van der Waals surface area contributed by atoms with Crippen LogP contribution in [0.4, 0.5) is 0 Å². The van der Waals surface area contributed by atoms with Gasteiger partial charge in [-0.3, -0.25) is 4.79 Å². The molecule has 0 aliphatic rings. The Morgan fingerprint density at radius 1 is 1.17 bits per heavy atom. The van der Waals surface area contributed by atoms with E-state index in [4.69, 9.17) is 4.74 Å². The second-order valence-electron chi connectivity index (χ2n) is 7.01. The van der Waals surface area contributed by atoms with Crippen LogP contribution in [0.3, 0.4) is 0 Å². The monoisotopic (exact) mass is 322 g/mol. The van der Waals surface area contributed by atoms with Gasteiger partial charge in [-0.25, -0.2) is 4.98 Å². The molecule has 24 heavy (non-hydrogen) atoms. The third-order valence-electron chi connectivity index (χ3n) is 3.94. The number of benzene rings is 2. The molecule has 4 nitrogen and oxygen atoms in total. The van der Waals surface area contributed by atoms with E-state index in [1.54, 1.807) is 12.5 Å². The Hall–Kier alpha value is -2.62. The van der Waals surface area contributed by atoms with Gasteiger partial charge >= 0.3 is 5.97 Å². The molecule has 1 aromatic heterocycles. The number of fused-ring (bicyclic) bond motifs is 1. The number of esters is 1. The van der Waals surface area contributed by atoms with E-state index in [9.17, 15) is 4.79 Å². The number of hydrogen-bond acceptors (Lipinski definition) is 3. The van der Waals surface area contributed by atoms with Crippen LogP contribution in [0, 0.1) is 5.41 Å². The van der Waals surface area contributed by atoms with Gasteiger partial charge in [0, 0.05) is 12.4 Å². The van der Waals surface area contributed by atoms with Crippen LogP contribution in [0.25, 0.3) is 10.8 Å². The molecule has 0 spiro atoms. The lowest BCUT2D eigenvalue weighted by atomic mass is 9.97. The van der Waals surface area contributed by atoms with E-state index in [-0.39, 0.29) is 12.1 Å². The minimum Gasteiger partial charge on any atom is -0.455 e. The van der Waals surface area contributed by atoms with Gasteiger partial charge in [-0.2, -0.15) is 0 Å². The maximum Gasteiger partial charge on any atom is 0.311 e. The van der Waals surface area contributed by atoms with Crippen molar-refractivity contribution in [3.8, 4) is 0 Å². The molecule has 0 bridgehead atoms. The molecule has 0 amide bonds. The lowest BCUT2D eigenvalue weighted by Gasteiger charge is -2.24. The average molecular weight is 322 g/mol. The van der Waals surface area contributed by atoms with Crippen molar-refractivity contribution >= 4 is 16.7 Å². The molecule has 0 saturated heterocycles. The van der Waals surface area contributed by atoms with Crippen molar-refractivity contribution < 1.29 is 9.53 Å². The number of aromatic nitrogens is 2. The Kier molecular flexibility index (Phi) is 4.38. The average Bonchev–Trinajstić information content (AvgIpc) is 3.06. The Morgan fingerprint density at radius 2 is 1.92 bits per heavy atom. The van der Waals surface area contributed by atoms with Gasteiger partial charge in [-0.15, -0.1) is 0 Å². The fraction of sp³-hybridized carbons (Fsp3) is 0.300. The van der Waals surface area contributed by atoms with Crippen LogP contribution >= 0.6 is 0 Å². The molecule has 0 N–H and O–H groups in total. The van der Waals surface area contributed by atoms with Gasteiger partial charge < -0.3 is 9.30 Å².